The fourth-order valence-corrected chi connectivity index (χ4v) is 3.06. The number of hydrogen-bond acceptors (Lipinski definition) is 5. The van der Waals surface area contributed by atoms with Gasteiger partial charge in [-0.25, -0.2) is 4.68 Å². The van der Waals surface area contributed by atoms with Crippen molar-refractivity contribution >= 4 is 11.8 Å². The van der Waals surface area contributed by atoms with Crippen LogP contribution in [0.4, 0.5) is 0 Å². The van der Waals surface area contributed by atoms with Crippen LogP contribution in [0.5, 0.6) is 0 Å². The lowest BCUT2D eigenvalue weighted by Crippen LogP contribution is -2.53. The third-order valence-corrected chi connectivity index (χ3v) is 4.47. The number of hydrogen-bond donors (Lipinski definition) is 0. The Morgan fingerprint density at radius 3 is 2.54 bits per heavy atom. The minimum absolute atomic E-state index is 0.0252. The van der Waals surface area contributed by atoms with Gasteiger partial charge in [0, 0.05) is 45.4 Å². The summed E-state index contributed by atoms with van der Waals surface area (Å²) in [4.78, 5) is 39.8. The second kappa shape index (κ2) is 7.12. The van der Waals surface area contributed by atoms with Crippen molar-refractivity contribution in [2.45, 2.75) is 32.4 Å². The van der Waals surface area contributed by atoms with E-state index in [0.717, 1.165) is 12.8 Å². The Morgan fingerprint density at radius 2 is 1.92 bits per heavy atom. The predicted molar refractivity (Wildman–Crippen MR) is 85.6 cm³/mol. The molecule has 0 aliphatic carbocycles. The number of piperazine rings is 1. The Hall–Kier alpha value is -2.22. The molecule has 0 bridgehead atoms. The SMILES string of the molecule is CCn1nc(C(=O)N2CCN(C(=O)C3CCCO3)CC2)ccc1=O. The number of amides is 2. The minimum atomic E-state index is -0.318. The van der Waals surface area contributed by atoms with Crippen LogP contribution >= 0.6 is 0 Å². The van der Waals surface area contributed by atoms with Crippen molar-refractivity contribution in [3.05, 3.63) is 28.2 Å². The molecule has 2 aliphatic rings. The maximum Gasteiger partial charge on any atom is 0.274 e. The smallest absolute Gasteiger partial charge is 0.274 e. The van der Waals surface area contributed by atoms with Crippen LogP contribution in [-0.4, -0.2) is 70.3 Å². The standard InChI is InChI=1S/C16H22N4O4/c1-2-20-14(21)6-5-12(17-20)15(22)18-7-9-19(10-8-18)16(23)13-4-3-11-24-13/h5-6,13H,2-4,7-11H2,1H3. The lowest BCUT2D eigenvalue weighted by Gasteiger charge is -2.35. The molecular formula is C16H22N4O4. The van der Waals surface area contributed by atoms with Crippen LogP contribution < -0.4 is 5.56 Å². The van der Waals surface area contributed by atoms with Crippen LogP contribution in [0.15, 0.2) is 16.9 Å². The van der Waals surface area contributed by atoms with Gasteiger partial charge in [0.2, 0.25) is 0 Å². The molecule has 0 radical (unpaired) electrons. The summed E-state index contributed by atoms with van der Waals surface area (Å²) in [5, 5.41) is 4.10. The summed E-state index contributed by atoms with van der Waals surface area (Å²) in [7, 11) is 0. The molecule has 0 saturated carbocycles. The van der Waals surface area contributed by atoms with Gasteiger partial charge < -0.3 is 14.5 Å². The first kappa shape index (κ1) is 16.6. The van der Waals surface area contributed by atoms with Gasteiger partial charge in [-0.2, -0.15) is 5.10 Å². The molecule has 24 heavy (non-hydrogen) atoms. The van der Waals surface area contributed by atoms with Gasteiger partial charge in [-0.1, -0.05) is 0 Å². The van der Waals surface area contributed by atoms with E-state index in [1.54, 1.807) is 16.7 Å². The minimum Gasteiger partial charge on any atom is -0.368 e. The molecule has 0 N–H and O–H groups in total. The van der Waals surface area contributed by atoms with Gasteiger partial charge in [0.15, 0.2) is 0 Å². The van der Waals surface area contributed by atoms with Crippen LogP contribution in [0.2, 0.25) is 0 Å². The average Bonchev–Trinajstić information content (AvgIpc) is 3.16. The summed E-state index contributed by atoms with van der Waals surface area (Å²) >= 11 is 0. The summed E-state index contributed by atoms with van der Waals surface area (Å²) in [5.74, 6) is -0.182. The van der Waals surface area contributed by atoms with Gasteiger partial charge >= 0.3 is 0 Å². The van der Waals surface area contributed by atoms with Crippen molar-refractivity contribution in [3.63, 3.8) is 0 Å². The van der Waals surface area contributed by atoms with E-state index >= 15 is 0 Å². The highest BCUT2D eigenvalue weighted by Gasteiger charge is 2.31. The first-order valence-electron chi connectivity index (χ1n) is 8.38. The monoisotopic (exact) mass is 334 g/mol. The Labute approximate surface area is 140 Å². The number of rotatable bonds is 3. The Balaban J connectivity index is 1.60. The topological polar surface area (TPSA) is 84.7 Å². The molecule has 2 aliphatic heterocycles. The molecule has 1 atom stereocenters. The summed E-state index contributed by atoms with van der Waals surface area (Å²) in [6.07, 6.45) is 1.38. The van der Waals surface area contributed by atoms with Crippen LogP contribution in [0, 0.1) is 0 Å². The summed E-state index contributed by atoms with van der Waals surface area (Å²) in [6.45, 7) is 4.79. The van der Waals surface area contributed by atoms with Crippen LogP contribution in [0.25, 0.3) is 0 Å². The van der Waals surface area contributed by atoms with Gasteiger partial charge in [-0.05, 0) is 25.8 Å². The Bertz CT molecular complexity index is 673. The molecule has 0 aromatic carbocycles. The fourth-order valence-electron chi connectivity index (χ4n) is 3.06. The van der Waals surface area contributed by atoms with Crippen molar-refractivity contribution in [1.82, 2.24) is 19.6 Å². The highest BCUT2D eigenvalue weighted by molar-refractivity contribution is 5.92. The van der Waals surface area contributed by atoms with E-state index in [4.69, 9.17) is 4.74 Å². The van der Waals surface area contributed by atoms with E-state index in [9.17, 15) is 14.4 Å². The first-order chi connectivity index (χ1) is 11.6. The number of ether oxygens (including phenoxy) is 1. The third kappa shape index (κ3) is 3.33. The van der Waals surface area contributed by atoms with Gasteiger partial charge in [-0.3, -0.25) is 14.4 Å². The van der Waals surface area contributed by atoms with Gasteiger partial charge in [0.25, 0.3) is 17.4 Å². The summed E-state index contributed by atoms with van der Waals surface area (Å²) in [5.41, 5.74) is 0.0383. The third-order valence-electron chi connectivity index (χ3n) is 4.47. The number of aromatic nitrogens is 2. The molecule has 3 heterocycles. The van der Waals surface area contributed by atoms with Gasteiger partial charge in [0.1, 0.15) is 11.8 Å². The first-order valence-corrected chi connectivity index (χ1v) is 8.38. The molecule has 8 nitrogen and oxygen atoms in total. The molecule has 8 heteroatoms. The highest BCUT2D eigenvalue weighted by Crippen LogP contribution is 2.16. The largest absolute Gasteiger partial charge is 0.368 e. The maximum atomic E-state index is 12.5. The van der Waals surface area contributed by atoms with E-state index in [-0.39, 0.29) is 29.2 Å². The zero-order valence-electron chi connectivity index (χ0n) is 13.8. The molecule has 1 aromatic rings. The number of aryl methyl sites for hydroxylation is 1. The van der Waals surface area contributed by atoms with Crippen LogP contribution in [-0.2, 0) is 16.1 Å². The summed E-state index contributed by atoms with van der Waals surface area (Å²) in [6, 6.07) is 2.82. The van der Waals surface area contributed by atoms with Crippen molar-refractivity contribution < 1.29 is 14.3 Å². The molecule has 2 amide bonds. The quantitative estimate of drug-likeness (QED) is 0.759. The second-order valence-corrected chi connectivity index (χ2v) is 5.99. The van der Waals surface area contributed by atoms with Gasteiger partial charge in [-0.15, -0.1) is 0 Å². The molecule has 2 saturated heterocycles. The predicted octanol–water partition coefficient (Wildman–Crippen LogP) is -0.273. The van der Waals surface area contributed by atoms with E-state index in [1.165, 1.54) is 16.8 Å². The fraction of sp³-hybridized carbons (Fsp3) is 0.625. The van der Waals surface area contributed by atoms with E-state index in [1.807, 2.05) is 0 Å². The zero-order chi connectivity index (χ0) is 17.1. The zero-order valence-corrected chi connectivity index (χ0v) is 13.8. The normalized spacial score (nSPS) is 21.1. The molecule has 3 rings (SSSR count). The molecule has 1 aromatic heterocycles. The van der Waals surface area contributed by atoms with E-state index < -0.39 is 0 Å². The van der Waals surface area contributed by atoms with Crippen molar-refractivity contribution in [2.75, 3.05) is 32.8 Å². The average molecular weight is 334 g/mol. The number of carbonyl (C=O) groups excluding carboxylic acids is 2. The van der Waals surface area contributed by atoms with Crippen molar-refractivity contribution in [2.24, 2.45) is 0 Å². The molecular weight excluding hydrogens is 312 g/mol. The Morgan fingerprint density at radius 1 is 1.21 bits per heavy atom. The van der Waals surface area contributed by atoms with Gasteiger partial charge in [0.05, 0.1) is 0 Å². The summed E-state index contributed by atoms with van der Waals surface area (Å²) < 4.78 is 6.70. The number of nitrogens with zero attached hydrogens (tertiary/aromatic N) is 4. The maximum absolute atomic E-state index is 12.5. The molecule has 0 spiro atoms. The van der Waals surface area contributed by atoms with E-state index in [0.29, 0.717) is 39.3 Å². The van der Waals surface area contributed by atoms with Crippen molar-refractivity contribution in [3.8, 4) is 0 Å². The Kier molecular flexibility index (Phi) is 4.94. The molecule has 1 unspecified atom stereocenters. The molecule has 2 fully saturated rings. The number of carbonyl (C=O) groups is 2. The van der Waals surface area contributed by atoms with Crippen LogP contribution in [0.1, 0.15) is 30.3 Å². The van der Waals surface area contributed by atoms with Crippen molar-refractivity contribution in [1.29, 1.82) is 0 Å². The lowest BCUT2D eigenvalue weighted by molar-refractivity contribution is -0.142. The van der Waals surface area contributed by atoms with Crippen LogP contribution in [0.3, 0.4) is 0 Å². The lowest BCUT2D eigenvalue weighted by atomic mass is 10.2. The second-order valence-electron chi connectivity index (χ2n) is 5.99. The molecule has 130 valence electrons. The van der Waals surface area contributed by atoms with E-state index in [2.05, 4.69) is 5.10 Å². The highest BCUT2D eigenvalue weighted by atomic mass is 16.5.